The average molecular weight is 252 g/mol. The van der Waals surface area contributed by atoms with E-state index in [1.54, 1.807) is 0 Å². The Morgan fingerprint density at radius 1 is 1.17 bits per heavy atom. The normalized spacial score (nSPS) is 34.1. The van der Waals surface area contributed by atoms with Gasteiger partial charge < -0.3 is 4.90 Å². The maximum atomic E-state index is 12.6. The van der Waals surface area contributed by atoms with Crippen LogP contribution in [0.25, 0.3) is 0 Å². The van der Waals surface area contributed by atoms with E-state index in [0.717, 1.165) is 19.3 Å². The first-order valence-electron chi connectivity index (χ1n) is 7.37. The molecule has 18 heavy (non-hydrogen) atoms. The summed E-state index contributed by atoms with van der Waals surface area (Å²) in [5.41, 5.74) is 0.470. The standard InChI is InChI=1S/C15H28N2O/c1-7-9-10-12(18)17(11(8-2)16-10)13-14(3,4)15(13,5)6/h10-11,13,16H,7-9H2,1-6H3. The first kappa shape index (κ1) is 13.9. The maximum Gasteiger partial charge on any atom is 0.241 e. The topological polar surface area (TPSA) is 32.3 Å². The van der Waals surface area contributed by atoms with Crippen molar-refractivity contribution in [2.24, 2.45) is 10.8 Å². The van der Waals surface area contributed by atoms with E-state index in [2.05, 4.69) is 51.8 Å². The van der Waals surface area contributed by atoms with E-state index in [0.29, 0.717) is 11.9 Å². The van der Waals surface area contributed by atoms with Gasteiger partial charge in [0.2, 0.25) is 5.91 Å². The molecule has 1 saturated heterocycles. The highest BCUT2D eigenvalue weighted by atomic mass is 16.2. The van der Waals surface area contributed by atoms with Gasteiger partial charge in [0.05, 0.1) is 12.2 Å². The Kier molecular flexibility index (Phi) is 3.25. The minimum atomic E-state index is 0.0483. The minimum absolute atomic E-state index is 0.0483. The minimum Gasteiger partial charge on any atom is -0.322 e. The van der Waals surface area contributed by atoms with Crippen LogP contribution in [-0.2, 0) is 4.79 Å². The van der Waals surface area contributed by atoms with Crippen LogP contribution in [0.5, 0.6) is 0 Å². The molecule has 0 aromatic heterocycles. The van der Waals surface area contributed by atoms with Gasteiger partial charge in [0.15, 0.2) is 0 Å². The molecule has 2 atom stereocenters. The largest absolute Gasteiger partial charge is 0.322 e. The summed E-state index contributed by atoms with van der Waals surface area (Å²) in [4.78, 5) is 14.7. The molecule has 2 aliphatic rings. The van der Waals surface area contributed by atoms with E-state index in [1.165, 1.54) is 0 Å². The first-order valence-corrected chi connectivity index (χ1v) is 7.37. The molecule has 3 nitrogen and oxygen atoms in total. The smallest absolute Gasteiger partial charge is 0.241 e. The highest BCUT2D eigenvalue weighted by Gasteiger charge is 2.70. The molecule has 104 valence electrons. The van der Waals surface area contributed by atoms with E-state index in [-0.39, 0.29) is 23.0 Å². The van der Waals surface area contributed by atoms with Crippen molar-refractivity contribution in [3.63, 3.8) is 0 Å². The molecule has 0 aromatic carbocycles. The van der Waals surface area contributed by atoms with Crippen LogP contribution in [-0.4, -0.2) is 29.1 Å². The number of rotatable bonds is 4. The van der Waals surface area contributed by atoms with E-state index in [9.17, 15) is 4.79 Å². The molecule has 0 spiro atoms. The van der Waals surface area contributed by atoms with Gasteiger partial charge in [0.1, 0.15) is 0 Å². The predicted molar refractivity (Wildman–Crippen MR) is 74.1 cm³/mol. The molecule has 1 amide bonds. The van der Waals surface area contributed by atoms with Gasteiger partial charge in [-0.25, -0.2) is 0 Å². The summed E-state index contributed by atoms with van der Waals surface area (Å²) in [5.74, 6) is 0.326. The Bertz CT molecular complexity index is 334. The van der Waals surface area contributed by atoms with Gasteiger partial charge in [-0.15, -0.1) is 0 Å². The Morgan fingerprint density at radius 2 is 1.72 bits per heavy atom. The zero-order chi connectivity index (χ0) is 13.7. The lowest BCUT2D eigenvalue weighted by atomic mass is 10.0. The summed E-state index contributed by atoms with van der Waals surface area (Å²) in [6.07, 6.45) is 3.25. The van der Waals surface area contributed by atoms with Gasteiger partial charge >= 0.3 is 0 Å². The third-order valence-corrected chi connectivity index (χ3v) is 5.47. The van der Waals surface area contributed by atoms with Gasteiger partial charge in [-0.1, -0.05) is 48.0 Å². The van der Waals surface area contributed by atoms with Crippen LogP contribution in [0.2, 0.25) is 0 Å². The van der Waals surface area contributed by atoms with Crippen molar-refractivity contribution in [3.8, 4) is 0 Å². The molecule has 1 saturated carbocycles. The number of amides is 1. The van der Waals surface area contributed by atoms with Gasteiger partial charge in [-0.2, -0.15) is 0 Å². The monoisotopic (exact) mass is 252 g/mol. The second-order valence-electron chi connectivity index (χ2n) is 7.02. The highest BCUT2D eigenvalue weighted by molar-refractivity contribution is 5.85. The van der Waals surface area contributed by atoms with Crippen molar-refractivity contribution < 1.29 is 4.79 Å². The number of nitrogens with one attached hydrogen (secondary N) is 1. The molecule has 1 aliphatic heterocycles. The van der Waals surface area contributed by atoms with Crippen LogP contribution in [0, 0.1) is 10.8 Å². The van der Waals surface area contributed by atoms with Gasteiger partial charge in [-0.3, -0.25) is 10.1 Å². The molecule has 2 rings (SSSR count). The van der Waals surface area contributed by atoms with E-state index >= 15 is 0 Å². The fraction of sp³-hybridized carbons (Fsp3) is 0.933. The Hall–Kier alpha value is -0.570. The van der Waals surface area contributed by atoms with E-state index in [4.69, 9.17) is 0 Å². The summed E-state index contributed by atoms with van der Waals surface area (Å²) in [7, 11) is 0. The third kappa shape index (κ3) is 1.70. The molecule has 1 N–H and O–H groups in total. The van der Waals surface area contributed by atoms with Gasteiger partial charge in [0, 0.05) is 6.04 Å². The second kappa shape index (κ2) is 4.22. The molecule has 1 aliphatic carbocycles. The van der Waals surface area contributed by atoms with Gasteiger partial charge in [-0.05, 0) is 23.7 Å². The Balaban J connectivity index is 2.20. The number of carbonyl (C=O) groups is 1. The van der Waals surface area contributed by atoms with Crippen LogP contribution in [0.1, 0.15) is 60.8 Å². The van der Waals surface area contributed by atoms with Crippen molar-refractivity contribution in [2.75, 3.05) is 0 Å². The van der Waals surface area contributed by atoms with Gasteiger partial charge in [0.25, 0.3) is 0 Å². The van der Waals surface area contributed by atoms with Crippen molar-refractivity contribution in [1.29, 1.82) is 0 Å². The zero-order valence-corrected chi connectivity index (χ0v) is 12.7. The van der Waals surface area contributed by atoms with Crippen molar-refractivity contribution in [2.45, 2.75) is 79.1 Å². The fourth-order valence-electron chi connectivity index (χ4n) is 3.69. The lowest BCUT2D eigenvalue weighted by molar-refractivity contribution is -0.131. The summed E-state index contributed by atoms with van der Waals surface area (Å²) in [6, 6.07) is 0.434. The summed E-state index contributed by atoms with van der Waals surface area (Å²) < 4.78 is 0. The molecule has 0 bridgehead atoms. The summed E-state index contributed by atoms with van der Waals surface area (Å²) in [5, 5.41) is 3.51. The lowest BCUT2D eigenvalue weighted by Crippen LogP contribution is -2.41. The van der Waals surface area contributed by atoms with Crippen molar-refractivity contribution >= 4 is 5.91 Å². The fourth-order valence-corrected chi connectivity index (χ4v) is 3.69. The maximum absolute atomic E-state index is 12.6. The van der Waals surface area contributed by atoms with Crippen molar-refractivity contribution in [3.05, 3.63) is 0 Å². The van der Waals surface area contributed by atoms with Crippen molar-refractivity contribution in [1.82, 2.24) is 10.2 Å². The molecular weight excluding hydrogens is 224 g/mol. The Labute approximate surface area is 111 Å². The molecule has 2 fully saturated rings. The summed E-state index contributed by atoms with van der Waals surface area (Å²) >= 11 is 0. The molecular formula is C15H28N2O. The number of nitrogens with zero attached hydrogens (tertiary/aromatic N) is 1. The summed E-state index contributed by atoms with van der Waals surface area (Å²) in [6.45, 7) is 13.4. The van der Waals surface area contributed by atoms with Crippen LogP contribution in [0.4, 0.5) is 0 Å². The Morgan fingerprint density at radius 3 is 2.11 bits per heavy atom. The van der Waals surface area contributed by atoms with Crippen LogP contribution < -0.4 is 5.32 Å². The highest BCUT2D eigenvalue weighted by Crippen LogP contribution is 2.66. The SMILES string of the molecule is CCCC1NC(CC)N(C2C(C)(C)C2(C)C)C1=O. The quantitative estimate of drug-likeness (QED) is 0.834. The average Bonchev–Trinajstić information content (AvgIpc) is 2.55. The molecule has 2 unspecified atom stereocenters. The van der Waals surface area contributed by atoms with Crippen LogP contribution in [0.3, 0.4) is 0 Å². The zero-order valence-electron chi connectivity index (χ0n) is 12.7. The molecule has 0 aromatic rings. The van der Waals surface area contributed by atoms with E-state index in [1.807, 2.05) is 0 Å². The molecule has 1 heterocycles. The third-order valence-electron chi connectivity index (χ3n) is 5.47. The molecule has 3 heteroatoms. The number of hydrogen-bond donors (Lipinski definition) is 1. The van der Waals surface area contributed by atoms with E-state index < -0.39 is 0 Å². The number of carbonyl (C=O) groups excluding carboxylic acids is 1. The predicted octanol–water partition coefficient (Wildman–Crippen LogP) is 2.76. The first-order chi connectivity index (χ1) is 8.29. The van der Waals surface area contributed by atoms with Crippen LogP contribution in [0.15, 0.2) is 0 Å². The molecule has 0 radical (unpaired) electrons. The second-order valence-corrected chi connectivity index (χ2v) is 7.02. The number of hydrogen-bond acceptors (Lipinski definition) is 2. The lowest BCUT2D eigenvalue weighted by Gasteiger charge is -2.25. The van der Waals surface area contributed by atoms with Crippen LogP contribution >= 0.6 is 0 Å².